The van der Waals surface area contributed by atoms with E-state index in [4.69, 9.17) is 5.11 Å². The first kappa shape index (κ1) is 12.7. The van der Waals surface area contributed by atoms with Crippen LogP contribution in [0.15, 0.2) is 24.3 Å². The molecule has 0 radical (unpaired) electrons. The molecular formula is C13H19NO2. The van der Waals surface area contributed by atoms with Gasteiger partial charge in [-0.05, 0) is 32.4 Å². The Hall–Kier alpha value is -1.35. The molecule has 1 rings (SSSR count). The third kappa shape index (κ3) is 3.66. The lowest BCUT2D eigenvalue weighted by atomic mass is 10.1. The van der Waals surface area contributed by atoms with Gasteiger partial charge in [-0.15, -0.1) is 0 Å². The van der Waals surface area contributed by atoms with Crippen molar-refractivity contribution in [3.05, 3.63) is 35.4 Å². The molecule has 1 amide bonds. The fourth-order valence-electron chi connectivity index (χ4n) is 1.40. The van der Waals surface area contributed by atoms with Crippen molar-refractivity contribution >= 4 is 5.91 Å². The van der Waals surface area contributed by atoms with Crippen LogP contribution in [0.1, 0.15) is 29.3 Å². The summed E-state index contributed by atoms with van der Waals surface area (Å²) < 4.78 is 0. The fraction of sp³-hybridized carbons (Fsp3) is 0.462. The van der Waals surface area contributed by atoms with E-state index in [2.05, 4.69) is 0 Å². The number of carbonyl (C=O) groups is 1. The van der Waals surface area contributed by atoms with Crippen LogP contribution in [0.2, 0.25) is 0 Å². The minimum absolute atomic E-state index is 0.000602. The molecule has 0 aliphatic rings. The monoisotopic (exact) mass is 221 g/mol. The molecule has 0 bridgehead atoms. The Morgan fingerprint density at radius 3 is 2.44 bits per heavy atom. The van der Waals surface area contributed by atoms with E-state index in [0.29, 0.717) is 18.5 Å². The summed E-state index contributed by atoms with van der Waals surface area (Å²) in [5.41, 5.74) is 1.84. The predicted octanol–water partition coefficient (Wildman–Crippen LogP) is 1.84. The highest BCUT2D eigenvalue weighted by Crippen LogP contribution is 2.06. The lowest BCUT2D eigenvalue weighted by molar-refractivity contribution is 0.0769. The third-order valence-corrected chi connectivity index (χ3v) is 2.53. The summed E-state index contributed by atoms with van der Waals surface area (Å²) in [6.45, 7) is 4.29. The average Bonchev–Trinajstić information content (AvgIpc) is 2.26. The Bertz CT molecular complexity index is 343. The van der Waals surface area contributed by atoms with Crippen molar-refractivity contribution in [1.29, 1.82) is 0 Å². The maximum Gasteiger partial charge on any atom is 0.253 e. The second kappa shape index (κ2) is 5.66. The van der Waals surface area contributed by atoms with E-state index in [-0.39, 0.29) is 12.0 Å². The molecule has 1 N–H and O–H groups in total. The molecule has 1 aromatic rings. The second-order valence-corrected chi connectivity index (χ2v) is 4.23. The SMILES string of the molecule is Cc1ccc(C(=O)N(C)CCC(C)O)cc1. The molecule has 0 saturated carbocycles. The zero-order valence-electron chi connectivity index (χ0n) is 10.1. The number of amides is 1. The molecule has 0 heterocycles. The van der Waals surface area contributed by atoms with Gasteiger partial charge in [0.25, 0.3) is 5.91 Å². The lowest BCUT2D eigenvalue weighted by Gasteiger charge is -2.18. The highest BCUT2D eigenvalue weighted by atomic mass is 16.3. The van der Waals surface area contributed by atoms with E-state index in [1.807, 2.05) is 31.2 Å². The molecule has 1 atom stereocenters. The molecule has 0 aliphatic carbocycles. The number of hydrogen-bond acceptors (Lipinski definition) is 2. The molecule has 16 heavy (non-hydrogen) atoms. The predicted molar refractivity (Wildman–Crippen MR) is 64.4 cm³/mol. The minimum Gasteiger partial charge on any atom is -0.393 e. The fourth-order valence-corrected chi connectivity index (χ4v) is 1.40. The number of aliphatic hydroxyl groups excluding tert-OH is 1. The highest BCUT2D eigenvalue weighted by Gasteiger charge is 2.11. The van der Waals surface area contributed by atoms with E-state index in [1.165, 1.54) is 0 Å². The number of carbonyl (C=O) groups excluding carboxylic acids is 1. The maximum atomic E-state index is 11.9. The second-order valence-electron chi connectivity index (χ2n) is 4.23. The van der Waals surface area contributed by atoms with E-state index in [0.717, 1.165) is 5.56 Å². The average molecular weight is 221 g/mol. The summed E-state index contributed by atoms with van der Waals surface area (Å²) in [4.78, 5) is 13.5. The van der Waals surface area contributed by atoms with Gasteiger partial charge in [0.05, 0.1) is 6.10 Å². The number of hydrogen-bond donors (Lipinski definition) is 1. The molecule has 1 unspecified atom stereocenters. The summed E-state index contributed by atoms with van der Waals surface area (Å²) in [6.07, 6.45) is 0.238. The molecule has 0 aromatic heterocycles. The number of rotatable bonds is 4. The van der Waals surface area contributed by atoms with Gasteiger partial charge >= 0.3 is 0 Å². The number of aliphatic hydroxyl groups is 1. The van der Waals surface area contributed by atoms with Gasteiger partial charge in [-0.2, -0.15) is 0 Å². The van der Waals surface area contributed by atoms with Crippen LogP contribution in [0.4, 0.5) is 0 Å². The van der Waals surface area contributed by atoms with Crippen LogP contribution in [0, 0.1) is 6.92 Å². The Labute approximate surface area is 96.7 Å². The van der Waals surface area contributed by atoms with Crippen LogP contribution < -0.4 is 0 Å². The molecule has 0 fully saturated rings. The molecule has 88 valence electrons. The molecule has 3 nitrogen and oxygen atoms in total. The first-order valence-corrected chi connectivity index (χ1v) is 5.51. The van der Waals surface area contributed by atoms with Gasteiger partial charge in [-0.1, -0.05) is 17.7 Å². The quantitative estimate of drug-likeness (QED) is 0.842. The van der Waals surface area contributed by atoms with Crippen molar-refractivity contribution in [1.82, 2.24) is 4.90 Å². The van der Waals surface area contributed by atoms with Crippen molar-refractivity contribution in [3.63, 3.8) is 0 Å². The summed E-state index contributed by atoms with van der Waals surface area (Å²) in [7, 11) is 1.75. The van der Waals surface area contributed by atoms with Crippen LogP contribution in [-0.2, 0) is 0 Å². The number of aryl methyl sites for hydroxylation is 1. The van der Waals surface area contributed by atoms with Gasteiger partial charge in [0.2, 0.25) is 0 Å². The zero-order valence-corrected chi connectivity index (χ0v) is 10.1. The standard InChI is InChI=1S/C13H19NO2/c1-10-4-6-12(7-5-10)13(16)14(3)9-8-11(2)15/h4-7,11,15H,8-9H2,1-3H3. The molecule has 0 aliphatic heterocycles. The van der Waals surface area contributed by atoms with Crippen LogP contribution >= 0.6 is 0 Å². The van der Waals surface area contributed by atoms with Crippen LogP contribution in [-0.4, -0.2) is 35.6 Å². The Morgan fingerprint density at radius 2 is 1.94 bits per heavy atom. The molecule has 3 heteroatoms. The van der Waals surface area contributed by atoms with Crippen LogP contribution in [0.25, 0.3) is 0 Å². The van der Waals surface area contributed by atoms with Gasteiger partial charge < -0.3 is 10.0 Å². The summed E-state index contributed by atoms with van der Waals surface area (Å²) >= 11 is 0. The maximum absolute atomic E-state index is 11.9. The Balaban J connectivity index is 2.60. The smallest absolute Gasteiger partial charge is 0.253 e. The summed E-state index contributed by atoms with van der Waals surface area (Å²) in [5.74, 6) is 0.000602. The van der Waals surface area contributed by atoms with E-state index in [1.54, 1.807) is 18.9 Å². The first-order chi connectivity index (χ1) is 7.50. The summed E-state index contributed by atoms with van der Waals surface area (Å²) in [5, 5.41) is 9.15. The van der Waals surface area contributed by atoms with Gasteiger partial charge in [-0.25, -0.2) is 0 Å². The highest BCUT2D eigenvalue weighted by molar-refractivity contribution is 5.94. The van der Waals surface area contributed by atoms with Crippen molar-refractivity contribution in [2.75, 3.05) is 13.6 Å². The topological polar surface area (TPSA) is 40.5 Å². The van der Waals surface area contributed by atoms with Gasteiger partial charge in [0.1, 0.15) is 0 Å². The number of nitrogens with zero attached hydrogens (tertiary/aromatic N) is 1. The molecular weight excluding hydrogens is 202 g/mol. The van der Waals surface area contributed by atoms with Crippen molar-refractivity contribution in [2.45, 2.75) is 26.4 Å². The van der Waals surface area contributed by atoms with Crippen LogP contribution in [0.3, 0.4) is 0 Å². The van der Waals surface area contributed by atoms with Crippen molar-refractivity contribution in [3.8, 4) is 0 Å². The summed E-state index contributed by atoms with van der Waals surface area (Å²) in [6, 6.07) is 7.51. The third-order valence-electron chi connectivity index (χ3n) is 2.53. The largest absolute Gasteiger partial charge is 0.393 e. The van der Waals surface area contributed by atoms with Gasteiger partial charge in [0, 0.05) is 19.2 Å². The first-order valence-electron chi connectivity index (χ1n) is 5.51. The Kier molecular flexibility index (Phi) is 4.50. The normalized spacial score (nSPS) is 12.2. The van der Waals surface area contributed by atoms with E-state index >= 15 is 0 Å². The lowest BCUT2D eigenvalue weighted by Crippen LogP contribution is -2.29. The number of benzene rings is 1. The molecule has 1 aromatic carbocycles. The zero-order chi connectivity index (χ0) is 12.1. The Morgan fingerprint density at radius 1 is 1.38 bits per heavy atom. The van der Waals surface area contributed by atoms with Crippen LogP contribution in [0.5, 0.6) is 0 Å². The van der Waals surface area contributed by atoms with E-state index in [9.17, 15) is 4.79 Å². The minimum atomic E-state index is -0.367. The molecule has 0 saturated heterocycles. The van der Waals surface area contributed by atoms with E-state index < -0.39 is 0 Å². The van der Waals surface area contributed by atoms with Gasteiger partial charge in [0.15, 0.2) is 0 Å². The van der Waals surface area contributed by atoms with Gasteiger partial charge in [-0.3, -0.25) is 4.79 Å². The van der Waals surface area contributed by atoms with Crippen molar-refractivity contribution < 1.29 is 9.90 Å². The van der Waals surface area contributed by atoms with Crippen molar-refractivity contribution in [2.24, 2.45) is 0 Å². The molecule has 0 spiro atoms.